The Balaban J connectivity index is 1.60. The largest absolute Gasteiger partial charge is 0.495 e. The third kappa shape index (κ3) is 9.35. The van der Waals surface area contributed by atoms with E-state index in [0.29, 0.717) is 5.02 Å². The van der Waals surface area contributed by atoms with Crippen LogP contribution in [0.5, 0.6) is 5.75 Å². The number of hydrogen-bond donors (Lipinski definition) is 1. The predicted octanol–water partition coefficient (Wildman–Crippen LogP) is 7.59. The molecule has 258 valence electrons. The molecule has 5 rings (SSSR count). The van der Waals surface area contributed by atoms with Crippen molar-refractivity contribution in [1.29, 1.82) is 0 Å². The molecule has 8 nitrogen and oxygen atoms in total. The first-order chi connectivity index (χ1) is 23.5. The Morgan fingerprint density at radius 2 is 1.51 bits per heavy atom. The maximum absolute atomic E-state index is 14.8. The van der Waals surface area contributed by atoms with Gasteiger partial charge in [-0.3, -0.25) is 13.9 Å². The fraction of sp³-hybridized carbons (Fsp3) is 0.316. The maximum Gasteiger partial charge on any atom is 0.264 e. The van der Waals surface area contributed by atoms with Crippen LogP contribution >= 0.6 is 23.2 Å². The number of ether oxygens (including phenoxy) is 1. The van der Waals surface area contributed by atoms with E-state index in [0.717, 1.165) is 53.1 Å². The van der Waals surface area contributed by atoms with Crippen LogP contribution in [0.1, 0.15) is 48.8 Å². The summed E-state index contributed by atoms with van der Waals surface area (Å²) in [4.78, 5) is 30.5. The van der Waals surface area contributed by atoms with Crippen molar-refractivity contribution in [3.8, 4) is 5.75 Å². The number of amides is 2. The Morgan fingerprint density at radius 1 is 0.857 bits per heavy atom. The van der Waals surface area contributed by atoms with E-state index in [1.165, 1.54) is 30.2 Å². The first-order valence-electron chi connectivity index (χ1n) is 16.4. The first kappa shape index (κ1) is 36.2. The number of sulfonamides is 1. The molecule has 4 aromatic rings. The van der Waals surface area contributed by atoms with E-state index in [1.807, 2.05) is 37.3 Å². The molecule has 1 fully saturated rings. The number of carbonyl (C=O) groups is 2. The Hall–Kier alpha value is -4.05. The molecule has 0 saturated heterocycles. The normalized spacial score (nSPS) is 14.1. The molecule has 0 spiro atoms. The second-order valence-corrected chi connectivity index (χ2v) is 15.1. The monoisotopic (exact) mass is 721 g/mol. The molecule has 1 aliphatic rings. The highest BCUT2D eigenvalue weighted by Crippen LogP contribution is 2.35. The number of halogens is 2. The summed E-state index contributed by atoms with van der Waals surface area (Å²) in [6.45, 7) is 1.27. The summed E-state index contributed by atoms with van der Waals surface area (Å²) in [5.74, 6) is -0.647. The van der Waals surface area contributed by atoms with Gasteiger partial charge in [0.25, 0.3) is 10.0 Å². The van der Waals surface area contributed by atoms with E-state index < -0.39 is 28.5 Å². The molecule has 0 aliphatic heterocycles. The first-order valence-corrected chi connectivity index (χ1v) is 18.6. The zero-order valence-electron chi connectivity index (χ0n) is 27.6. The van der Waals surface area contributed by atoms with Gasteiger partial charge in [-0.2, -0.15) is 0 Å². The fourth-order valence-corrected chi connectivity index (χ4v) is 7.80. The summed E-state index contributed by atoms with van der Waals surface area (Å²) in [6.07, 6.45) is 5.13. The molecule has 0 bridgehead atoms. The molecule has 1 aliphatic carbocycles. The molecule has 0 heterocycles. The molecule has 1 N–H and O–H groups in total. The lowest BCUT2D eigenvalue weighted by Gasteiger charge is -2.35. The van der Waals surface area contributed by atoms with Gasteiger partial charge >= 0.3 is 0 Å². The van der Waals surface area contributed by atoms with Crippen LogP contribution in [-0.2, 0) is 32.6 Å². The minimum absolute atomic E-state index is 0.00106. The van der Waals surface area contributed by atoms with Gasteiger partial charge in [-0.1, -0.05) is 103 Å². The summed E-state index contributed by atoms with van der Waals surface area (Å²) < 4.78 is 35.4. The SMILES string of the molecule is COc1ccc(Cl)cc1N(CC(=O)N(Cc1ccc(Cl)cc1)C(Cc1ccccc1)C(=O)NC1CCCCC1)S(=O)(=O)c1ccc(C)cc1. The third-order valence-corrected chi connectivity index (χ3v) is 11.0. The Morgan fingerprint density at radius 3 is 2.16 bits per heavy atom. The lowest BCUT2D eigenvalue weighted by Crippen LogP contribution is -2.55. The molecule has 11 heteroatoms. The van der Waals surface area contributed by atoms with Gasteiger partial charge in [0.2, 0.25) is 11.8 Å². The van der Waals surface area contributed by atoms with Gasteiger partial charge in [0.05, 0.1) is 17.7 Å². The van der Waals surface area contributed by atoms with Crippen molar-refractivity contribution in [3.05, 3.63) is 124 Å². The van der Waals surface area contributed by atoms with Gasteiger partial charge in [-0.25, -0.2) is 8.42 Å². The highest BCUT2D eigenvalue weighted by Gasteiger charge is 2.36. The van der Waals surface area contributed by atoms with Crippen LogP contribution in [0.4, 0.5) is 5.69 Å². The number of rotatable bonds is 13. The quantitative estimate of drug-likeness (QED) is 0.154. The topological polar surface area (TPSA) is 96.0 Å². The van der Waals surface area contributed by atoms with Crippen molar-refractivity contribution in [2.75, 3.05) is 18.0 Å². The van der Waals surface area contributed by atoms with Crippen molar-refractivity contribution in [2.24, 2.45) is 0 Å². The van der Waals surface area contributed by atoms with E-state index in [1.54, 1.807) is 48.5 Å². The minimum Gasteiger partial charge on any atom is -0.495 e. The van der Waals surface area contributed by atoms with Crippen LogP contribution in [0.15, 0.2) is 102 Å². The summed E-state index contributed by atoms with van der Waals surface area (Å²) >= 11 is 12.6. The van der Waals surface area contributed by atoms with Gasteiger partial charge < -0.3 is 15.0 Å². The van der Waals surface area contributed by atoms with Crippen LogP contribution in [0.2, 0.25) is 10.0 Å². The van der Waals surface area contributed by atoms with Gasteiger partial charge in [0.15, 0.2) is 0 Å². The zero-order valence-corrected chi connectivity index (χ0v) is 30.0. The van der Waals surface area contributed by atoms with Gasteiger partial charge in [-0.05, 0) is 73.4 Å². The number of aryl methyl sites for hydroxylation is 1. The molecule has 1 saturated carbocycles. The van der Waals surface area contributed by atoms with Crippen molar-refractivity contribution in [1.82, 2.24) is 10.2 Å². The van der Waals surface area contributed by atoms with Crippen LogP contribution in [0, 0.1) is 6.92 Å². The van der Waals surface area contributed by atoms with Crippen molar-refractivity contribution in [2.45, 2.75) is 69.0 Å². The summed E-state index contributed by atoms with van der Waals surface area (Å²) in [5.41, 5.74) is 2.57. The highest BCUT2D eigenvalue weighted by atomic mass is 35.5. The molecule has 0 aromatic heterocycles. The molecule has 49 heavy (non-hydrogen) atoms. The zero-order chi connectivity index (χ0) is 35.0. The minimum atomic E-state index is -4.33. The van der Waals surface area contributed by atoms with Crippen LogP contribution in [0.25, 0.3) is 0 Å². The molecule has 1 atom stereocenters. The molecule has 2 amide bonds. The number of benzene rings is 4. The second-order valence-electron chi connectivity index (χ2n) is 12.3. The number of nitrogens with one attached hydrogen (secondary N) is 1. The van der Waals surface area contributed by atoms with Gasteiger partial charge in [0.1, 0.15) is 18.3 Å². The standard InChI is InChI=1S/C38H41Cl2N3O5S/c1-27-13-20-33(21-14-27)49(46,47)43(34-24-31(40)19-22-36(34)48-2)26-37(44)42(25-29-15-17-30(39)18-16-29)35(23-28-9-5-3-6-10-28)38(45)41-32-11-7-4-8-12-32/h3,5-6,9-10,13-22,24,32,35H,4,7-8,11-12,23,25-26H2,1-2H3,(H,41,45). The van der Waals surface area contributed by atoms with Crippen molar-refractivity contribution in [3.63, 3.8) is 0 Å². The summed E-state index contributed by atoms with van der Waals surface area (Å²) in [6, 6.07) is 26.6. The highest BCUT2D eigenvalue weighted by molar-refractivity contribution is 7.92. The van der Waals surface area contributed by atoms with E-state index >= 15 is 0 Å². The lowest BCUT2D eigenvalue weighted by atomic mass is 9.94. The van der Waals surface area contributed by atoms with Gasteiger partial charge in [-0.15, -0.1) is 0 Å². The Bertz CT molecular complexity index is 1830. The molecular formula is C38H41Cl2N3O5S. The van der Waals surface area contributed by atoms with E-state index in [2.05, 4.69) is 5.32 Å². The number of methoxy groups -OCH3 is 1. The van der Waals surface area contributed by atoms with Crippen molar-refractivity contribution < 1.29 is 22.7 Å². The molecule has 0 radical (unpaired) electrons. The van der Waals surface area contributed by atoms with Gasteiger partial charge in [0, 0.05) is 29.1 Å². The Labute approximate surface area is 299 Å². The predicted molar refractivity (Wildman–Crippen MR) is 195 cm³/mol. The van der Waals surface area contributed by atoms with E-state index in [-0.39, 0.29) is 46.3 Å². The molecule has 1 unspecified atom stereocenters. The fourth-order valence-electron chi connectivity index (χ4n) is 6.09. The number of anilines is 1. The number of hydrogen-bond acceptors (Lipinski definition) is 5. The second kappa shape index (κ2) is 16.6. The average molecular weight is 723 g/mol. The summed E-state index contributed by atoms with van der Waals surface area (Å²) in [5, 5.41) is 4.01. The number of carbonyl (C=O) groups excluding carboxylic acids is 2. The van der Waals surface area contributed by atoms with E-state index in [9.17, 15) is 18.0 Å². The van der Waals surface area contributed by atoms with E-state index in [4.69, 9.17) is 27.9 Å². The smallest absolute Gasteiger partial charge is 0.264 e. The van der Waals surface area contributed by atoms with Crippen LogP contribution in [0.3, 0.4) is 0 Å². The molecule has 4 aromatic carbocycles. The van der Waals surface area contributed by atoms with Crippen molar-refractivity contribution >= 4 is 50.7 Å². The third-order valence-electron chi connectivity index (χ3n) is 8.79. The maximum atomic E-state index is 14.8. The van der Waals surface area contributed by atoms with Crippen LogP contribution < -0.4 is 14.4 Å². The number of nitrogens with zero attached hydrogens (tertiary/aromatic N) is 2. The summed E-state index contributed by atoms with van der Waals surface area (Å²) in [7, 11) is -2.91. The lowest BCUT2D eigenvalue weighted by molar-refractivity contribution is -0.140. The Kier molecular flexibility index (Phi) is 12.3. The average Bonchev–Trinajstić information content (AvgIpc) is 3.10. The van der Waals surface area contributed by atoms with Crippen LogP contribution in [-0.4, -0.2) is 50.9 Å². The molecular weight excluding hydrogens is 681 g/mol.